The smallest absolute Gasteiger partial charge is 0.251 e. The molecule has 30 heavy (non-hydrogen) atoms. The first-order valence-electron chi connectivity index (χ1n) is 10.0. The van der Waals surface area contributed by atoms with Crippen LogP contribution in [0.5, 0.6) is 0 Å². The molecule has 4 nitrogen and oxygen atoms in total. The Kier molecular flexibility index (Phi) is 5.64. The van der Waals surface area contributed by atoms with Gasteiger partial charge in [0.15, 0.2) is 0 Å². The van der Waals surface area contributed by atoms with Crippen LogP contribution in [0.2, 0.25) is 0 Å². The summed E-state index contributed by atoms with van der Waals surface area (Å²) in [5.74, 6) is -0.408. The third kappa shape index (κ3) is 3.98. The molecular weight excluding hydrogens is 390 g/mol. The highest BCUT2D eigenvalue weighted by molar-refractivity contribution is 8.03. The van der Waals surface area contributed by atoms with Gasteiger partial charge in [0, 0.05) is 29.1 Å². The van der Waals surface area contributed by atoms with Gasteiger partial charge in [0.05, 0.1) is 16.1 Å². The molecule has 1 atom stereocenters. The Morgan fingerprint density at radius 2 is 1.87 bits per heavy atom. The SMILES string of the molecule is Cc1cc(C)cc(N2CC=CC(C(N)=O)=C2SC(C)c2ccnc3ccccc23)c1. The van der Waals surface area contributed by atoms with Crippen molar-refractivity contribution in [2.24, 2.45) is 5.73 Å². The minimum atomic E-state index is -0.408. The van der Waals surface area contributed by atoms with Crippen LogP contribution in [-0.4, -0.2) is 17.4 Å². The average Bonchev–Trinajstić information content (AvgIpc) is 2.72. The van der Waals surface area contributed by atoms with E-state index in [4.69, 9.17) is 5.73 Å². The van der Waals surface area contributed by atoms with Gasteiger partial charge in [-0.3, -0.25) is 9.78 Å². The molecule has 2 aromatic carbocycles. The van der Waals surface area contributed by atoms with Crippen LogP contribution in [0.25, 0.3) is 10.9 Å². The maximum Gasteiger partial charge on any atom is 0.251 e. The van der Waals surface area contributed by atoms with E-state index >= 15 is 0 Å². The van der Waals surface area contributed by atoms with Crippen LogP contribution in [0, 0.1) is 13.8 Å². The van der Waals surface area contributed by atoms with Crippen molar-refractivity contribution in [3.63, 3.8) is 0 Å². The Morgan fingerprint density at radius 1 is 1.13 bits per heavy atom. The molecule has 1 aliphatic heterocycles. The molecule has 0 saturated heterocycles. The van der Waals surface area contributed by atoms with E-state index in [1.807, 2.05) is 36.5 Å². The molecule has 0 bridgehead atoms. The summed E-state index contributed by atoms with van der Waals surface area (Å²) < 4.78 is 0. The number of rotatable bonds is 5. The highest BCUT2D eigenvalue weighted by Crippen LogP contribution is 2.42. The zero-order chi connectivity index (χ0) is 21.3. The summed E-state index contributed by atoms with van der Waals surface area (Å²) in [6, 6.07) is 16.7. The van der Waals surface area contributed by atoms with Gasteiger partial charge in [-0.1, -0.05) is 42.1 Å². The van der Waals surface area contributed by atoms with Gasteiger partial charge in [0.25, 0.3) is 5.91 Å². The number of carbonyl (C=O) groups is 1. The van der Waals surface area contributed by atoms with Gasteiger partial charge >= 0.3 is 0 Å². The third-order valence-electron chi connectivity index (χ3n) is 5.24. The summed E-state index contributed by atoms with van der Waals surface area (Å²) in [5, 5.41) is 2.14. The van der Waals surface area contributed by atoms with Gasteiger partial charge in [0.1, 0.15) is 0 Å². The lowest BCUT2D eigenvalue weighted by Gasteiger charge is -2.32. The maximum atomic E-state index is 12.3. The van der Waals surface area contributed by atoms with Gasteiger partial charge < -0.3 is 10.6 Å². The van der Waals surface area contributed by atoms with E-state index in [1.165, 1.54) is 16.7 Å². The van der Waals surface area contributed by atoms with Crippen LogP contribution >= 0.6 is 11.8 Å². The molecule has 4 rings (SSSR count). The maximum absolute atomic E-state index is 12.3. The van der Waals surface area contributed by atoms with Crippen molar-refractivity contribution in [1.29, 1.82) is 0 Å². The number of benzene rings is 2. The lowest BCUT2D eigenvalue weighted by molar-refractivity contribution is -0.114. The van der Waals surface area contributed by atoms with Gasteiger partial charge in [-0.2, -0.15) is 0 Å². The average molecular weight is 416 g/mol. The molecule has 1 aromatic heterocycles. The fourth-order valence-electron chi connectivity index (χ4n) is 3.92. The van der Waals surface area contributed by atoms with Gasteiger partial charge in [-0.15, -0.1) is 0 Å². The minimum Gasteiger partial charge on any atom is -0.366 e. The van der Waals surface area contributed by atoms with E-state index in [9.17, 15) is 4.79 Å². The molecule has 1 amide bonds. The number of nitrogens with zero attached hydrogens (tertiary/aromatic N) is 2. The monoisotopic (exact) mass is 415 g/mol. The largest absolute Gasteiger partial charge is 0.366 e. The number of pyridine rings is 1. The molecule has 152 valence electrons. The van der Waals surface area contributed by atoms with Crippen LogP contribution in [0.3, 0.4) is 0 Å². The molecular formula is C25H25N3OS. The second-order valence-electron chi connectivity index (χ2n) is 7.62. The first kappa shape index (κ1) is 20.2. The Balaban J connectivity index is 1.77. The summed E-state index contributed by atoms with van der Waals surface area (Å²) in [6.07, 6.45) is 5.69. The van der Waals surface area contributed by atoms with Crippen LogP contribution in [-0.2, 0) is 4.79 Å². The van der Waals surface area contributed by atoms with Crippen molar-refractivity contribution >= 4 is 34.3 Å². The van der Waals surface area contributed by atoms with Crippen LogP contribution < -0.4 is 10.6 Å². The number of aromatic nitrogens is 1. The number of thioether (sulfide) groups is 1. The second kappa shape index (κ2) is 8.36. The number of fused-ring (bicyclic) bond motifs is 1. The Labute approximate surface area is 181 Å². The van der Waals surface area contributed by atoms with Crippen molar-refractivity contribution in [3.8, 4) is 0 Å². The van der Waals surface area contributed by atoms with Gasteiger partial charge in [0.2, 0.25) is 0 Å². The predicted molar refractivity (Wildman–Crippen MR) is 126 cm³/mol. The molecule has 5 heteroatoms. The van der Waals surface area contributed by atoms with Crippen LogP contribution in [0.4, 0.5) is 5.69 Å². The van der Waals surface area contributed by atoms with E-state index in [2.05, 4.69) is 61.0 Å². The lowest BCUT2D eigenvalue weighted by atomic mass is 10.1. The number of hydrogen-bond donors (Lipinski definition) is 1. The fraction of sp³-hybridized carbons (Fsp3) is 0.200. The number of hydrogen-bond acceptors (Lipinski definition) is 4. The number of para-hydroxylation sites is 1. The summed E-state index contributed by atoms with van der Waals surface area (Å²) >= 11 is 1.67. The van der Waals surface area contributed by atoms with Gasteiger partial charge in [-0.25, -0.2) is 0 Å². The van der Waals surface area contributed by atoms with E-state index in [-0.39, 0.29) is 5.25 Å². The fourth-order valence-corrected chi connectivity index (χ4v) is 5.19. The summed E-state index contributed by atoms with van der Waals surface area (Å²) in [4.78, 5) is 18.9. The normalized spacial score (nSPS) is 15.0. The highest BCUT2D eigenvalue weighted by Gasteiger charge is 2.25. The summed E-state index contributed by atoms with van der Waals surface area (Å²) in [5.41, 5.74) is 11.9. The first-order chi connectivity index (χ1) is 14.4. The summed E-state index contributed by atoms with van der Waals surface area (Å²) in [7, 11) is 0. The van der Waals surface area contributed by atoms with Crippen molar-refractivity contribution in [3.05, 3.63) is 94.2 Å². The number of primary amides is 1. The molecule has 1 unspecified atom stereocenters. The molecule has 0 saturated carbocycles. The molecule has 2 N–H and O–H groups in total. The number of nitrogens with two attached hydrogens (primary N) is 1. The summed E-state index contributed by atoms with van der Waals surface area (Å²) in [6.45, 7) is 7.04. The number of amides is 1. The van der Waals surface area contributed by atoms with Crippen molar-refractivity contribution in [2.45, 2.75) is 26.0 Å². The highest BCUT2D eigenvalue weighted by atomic mass is 32.2. The Morgan fingerprint density at radius 3 is 2.60 bits per heavy atom. The topological polar surface area (TPSA) is 59.2 Å². The molecule has 2 heterocycles. The van der Waals surface area contributed by atoms with Crippen molar-refractivity contribution < 1.29 is 4.79 Å². The van der Waals surface area contributed by atoms with Crippen LogP contribution in [0.1, 0.15) is 28.9 Å². The van der Waals surface area contributed by atoms with E-state index in [1.54, 1.807) is 11.8 Å². The van der Waals surface area contributed by atoms with E-state index in [0.717, 1.165) is 21.6 Å². The lowest BCUT2D eigenvalue weighted by Crippen LogP contribution is -2.29. The van der Waals surface area contributed by atoms with Crippen LogP contribution in [0.15, 0.2) is 77.5 Å². The number of aryl methyl sites for hydroxylation is 2. The Bertz CT molecular complexity index is 1160. The zero-order valence-electron chi connectivity index (χ0n) is 17.4. The molecule has 1 aliphatic rings. The molecule has 3 aromatic rings. The number of carbonyl (C=O) groups excluding carboxylic acids is 1. The Hall–Kier alpha value is -3.05. The number of anilines is 1. The first-order valence-corrected chi connectivity index (χ1v) is 10.9. The van der Waals surface area contributed by atoms with E-state index in [0.29, 0.717) is 12.1 Å². The zero-order valence-corrected chi connectivity index (χ0v) is 18.2. The second-order valence-corrected chi connectivity index (χ2v) is 8.95. The van der Waals surface area contributed by atoms with Gasteiger partial charge in [-0.05, 0) is 67.8 Å². The standard InChI is InChI=1S/C25H25N3OS/c1-16-13-17(2)15-19(14-16)28-12-6-8-22(24(26)29)25(28)30-18(3)20-10-11-27-23-9-5-4-7-21(20)23/h4-11,13-15,18H,12H2,1-3H3,(H2,26,29). The predicted octanol–water partition coefficient (Wildman–Crippen LogP) is 5.42. The molecule has 0 spiro atoms. The molecule has 0 radical (unpaired) electrons. The van der Waals surface area contributed by atoms with Crippen molar-refractivity contribution in [1.82, 2.24) is 4.98 Å². The molecule has 0 fully saturated rings. The van der Waals surface area contributed by atoms with Crippen molar-refractivity contribution in [2.75, 3.05) is 11.4 Å². The van der Waals surface area contributed by atoms with E-state index < -0.39 is 5.91 Å². The third-order valence-corrected chi connectivity index (χ3v) is 6.51. The molecule has 0 aliphatic carbocycles. The quantitative estimate of drug-likeness (QED) is 0.604. The minimum absolute atomic E-state index is 0.113.